The van der Waals surface area contributed by atoms with Gasteiger partial charge >= 0.3 is 0 Å². The van der Waals surface area contributed by atoms with Crippen LogP contribution in [-0.4, -0.2) is 15.3 Å². The maximum absolute atomic E-state index is 13.2. The van der Waals surface area contributed by atoms with E-state index in [0.717, 1.165) is 36.8 Å². The zero-order valence-corrected chi connectivity index (χ0v) is 17.7. The van der Waals surface area contributed by atoms with Gasteiger partial charge < -0.3 is 4.57 Å². The van der Waals surface area contributed by atoms with Crippen molar-refractivity contribution in [3.8, 4) is 0 Å². The van der Waals surface area contributed by atoms with Crippen LogP contribution in [0.5, 0.6) is 0 Å². The van der Waals surface area contributed by atoms with Gasteiger partial charge in [-0.15, -0.1) is 0 Å². The number of imidazole rings is 1. The van der Waals surface area contributed by atoms with Crippen LogP contribution in [0, 0.1) is 24.7 Å². The number of nitrogens with zero attached hydrogens (tertiary/aromatic N) is 2. The van der Waals surface area contributed by atoms with Crippen LogP contribution < -0.4 is 0 Å². The summed E-state index contributed by atoms with van der Waals surface area (Å²) in [6.07, 6.45) is 14.0. The number of rotatable bonds is 6. The van der Waals surface area contributed by atoms with Crippen molar-refractivity contribution in [3.63, 3.8) is 0 Å². The average molecular weight is 389 g/mol. The summed E-state index contributed by atoms with van der Waals surface area (Å²) in [5, 5.41) is 0. The van der Waals surface area contributed by atoms with E-state index >= 15 is 0 Å². The summed E-state index contributed by atoms with van der Waals surface area (Å²) in [7, 11) is 0. The molecule has 3 nitrogen and oxygen atoms in total. The van der Waals surface area contributed by atoms with Crippen LogP contribution in [0.15, 0.2) is 30.3 Å². The van der Waals surface area contributed by atoms with Crippen LogP contribution in [-0.2, 0) is 12.8 Å². The Bertz CT molecular complexity index is 948. The second-order valence-electron chi connectivity index (χ2n) is 9.31. The molecule has 152 valence electrons. The van der Waals surface area contributed by atoms with Gasteiger partial charge in [0.2, 0.25) is 0 Å². The van der Waals surface area contributed by atoms with E-state index < -0.39 is 0 Å². The summed E-state index contributed by atoms with van der Waals surface area (Å²) >= 11 is 0. The molecule has 0 saturated heterocycles. The predicted molar refractivity (Wildman–Crippen MR) is 117 cm³/mol. The third kappa shape index (κ3) is 3.39. The molecular weight excluding hydrogens is 356 g/mol. The number of aryl methyl sites for hydroxylation is 2. The van der Waals surface area contributed by atoms with Gasteiger partial charge in [-0.3, -0.25) is 4.79 Å². The normalized spacial score (nSPS) is 25.9. The quantitative estimate of drug-likeness (QED) is 0.572. The molecule has 0 amide bonds. The summed E-state index contributed by atoms with van der Waals surface area (Å²) in [5.41, 5.74) is 4.69. The molecule has 0 radical (unpaired) electrons. The summed E-state index contributed by atoms with van der Waals surface area (Å²) in [4.78, 5) is 18.4. The zero-order valence-electron chi connectivity index (χ0n) is 17.7. The Hall–Kier alpha value is -2.16. The van der Waals surface area contributed by atoms with Gasteiger partial charge in [0.1, 0.15) is 5.82 Å². The maximum Gasteiger partial charge on any atom is 0.166 e. The first-order chi connectivity index (χ1) is 14.2. The summed E-state index contributed by atoms with van der Waals surface area (Å²) in [6.45, 7) is 4.30. The fourth-order valence-electron chi connectivity index (χ4n) is 5.90. The Morgan fingerprint density at radius 3 is 2.79 bits per heavy atom. The maximum atomic E-state index is 13.2. The minimum atomic E-state index is 0.170. The molecule has 3 atom stereocenters. The SMILES string of the molecule is CCC1C(Cc2nc3c(n2C2CCCC2)C=CCC3)C1C(=O)c1cccc(C)c1. The van der Waals surface area contributed by atoms with Gasteiger partial charge in [0.25, 0.3) is 0 Å². The standard InChI is InChI=1S/C26H32N2O/c1-3-20-21(25(20)26(29)18-10-8-9-17(2)15-18)16-24-27-22-13-6-7-14-23(22)28(24)19-11-4-5-12-19/h7-10,14-15,19-21,25H,3-6,11-13,16H2,1-2H3. The first-order valence-corrected chi connectivity index (χ1v) is 11.5. The molecular formula is C26H32N2O. The third-order valence-electron chi connectivity index (χ3n) is 7.44. The highest BCUT2D eigenvalue weighted by Gasteiger charge is 2.53. The second-order valence-corrected chi connectivity index (χ2v) is 9.31. The second kappa shape index (κ2) is 7.59. The van der Waals surface area contributed by atoms with Crippen molar-refractivity contribution in [3.05, 3.63) is 58.7 Å². The predicted octanol–water partition coefficient (Wildman–Crippen LogP) is 5.96. The van der Waals surface area contributed by atoms with Gasteiger partial charge in [-0.25, -0.2) is 4.98 Å². The van der Waals surface area contributed by atoms with Crippen molar-refractivity contribution < 1.29 is 4.79 Å². The van der Waals surface area contributed by atoms with Crippen LogP contribution in [0.2, 0.25) is 0 Å². The molecule has 3 aliphatic rings. The summed E-state index contributed by atoms with van der Waals surface area (Å²) in [5.74, 6) is 2.71. The molecule has 5 rings (SSSR count). The molecule has 3 heteroatoms. The van der Waals surface area contributed by atoms with Crippen molar-refractivity contribution in [2.45, 2.75) is 71.3 Å². The Kier molecular flexibility index (Phi) is 4.93. The number of carbonyl (C=O) groups is 1. The van der Waals surface area contributed by atoms with E-state index in [2.05, 4.69) is 36.6 Å². The van der Waals surface area contributed by atoms with Crippen LogP contribution >= 0.6 is 0 Å². The Balaban J connectivity index is 1.42. The molecule has 1 aromatic heterocycles. The number of benzene rings is 1. The number of carbonyl (C=O) groups excluding carboxylic acids is 1. The van der Waals surface area contributed by atoms with Crippen LogP contribution in [0.4, 0.5) is 0 Å². The van der Waals surface area contributed by atoms with E-state index in [1.54, 1.807) is 0 Å². The number of hydrogen-bond acceptors (Lipinski definition) is 2. The van der Waals surface area contributed by atoms with E-state index in [4.69, 9.17) is 4.98 Å². The molecule has 2 aromatic rings. The smallest absolute Gasteiger partial charge is 0.166 e. The number of allylic oxidation sites excluding steroid dienone is 1. The average Bonchev–Trinajstić information content (AvgIpc) is 3.05. The Labute approximate surface area is 174 Å². The lowest BCUT2D eigenvalue weighted by Gasteiger charge is -2.18. The van der Waals surface area contributed by atoms with Gasteiger partial charge in [-0.2, -0.15) is 0 Å². The van der Waals surface area contributed by atoms with Crippen molar-refractivity contribution in [2.24, 2.45) is 17.8 Å². The van der Waals surface area contributed by atoms with E-state index in [1.807, 2.05) is 18.2 Å². The van der Waals surface area contributed by atoms with Crippen molar-refractivity contribution in [2.75, 3.05) is 0 Å². The number of fused-ring (bicyclic) bond motifs is 1. The summed E-state index contributed by atoms with van der Waals surface area (Å²) < 4.78 is 2.57. The number of ketones is 1. The van der Waals surface area contributed by atoms with Gasteiger partial charge in [-0.1, -0.05) is 56.0 Å². The Morgan fingerprint density at radius 1 is 1.21 bits per heavy atom. The van der Waals surface area contributed by atoms with Crippen LogP contribution in [0.3, 0.4) is 0 Å². The molecule has 3 aliphatic carbocycles. The highest BCUT2D eigenvalue weighted by atomic mass is 16.1. The lowest BCUT2D eigenvalue weighted by Crippen LogP contribution is -2.13. The molecule has 0 spiro atoms. The molecule has 3 unspecified atom stereocenters. The van der Waals surface area contributed by atoms with Gasteiger partial charge in [-0.05, 0) is 56.6 Å². The zero-order chi connectivity index (χ0) is 20.0. The van der Waals surface area contributed by atoms with E-state index in [9.17, 15) is 4.79 Å². The van der Waals surface area contributed by atoms with E-state index in [1.165, 1.54) is 42.9 Å². The third-order valence-corrected chi connectivity index (χ3v) is 7.44. The molecule has 0 aliphatic heterocycles. The van der Waals surface area contributed by atoms with Crippen LogP contribution in [0.25, 0.3) is 6.08 Å². The van der Waals surface area contributed by atoms with E-state index in [0.29, 0.717) is 23.7 Å². The lowest BCUT2D eigenvalue weighted by molar-refractivity contribution is 0.0955. The highest BCUT2D eigenvalue weighted by molar-refractivity contribution is 6.00. The molecule has 1 aromatic carbocycles. The van der Waals surface area contributed by atoms with Gasteiger partial charge in [0.05, 0.1) is 11.4 Å². The Morgan fingerprint density at radius 2 is 2.03 bits per heavy atom. The number of aromatic nitrogens is 2. The highest BCUT2D eigenvalue weighted by Crippen LogP contribution is 2.52. The molecule has 0 N–H and O–H groups in total. The molecule has 2 saturated carbocycles. The monoisotopic (exact) mass is 388 g/mol. The summed E-state index contributed by atoms with van der Waals surface area (Å²) in [6, 6.07) is 8.71. The first-order valence-electron chi connectivity index (χ1n) is 11.5. The molecule has 0 bridgehead atoms. The van der Waals surface area contributed by atoms with Crippen LogP contribution in [0.1, 0.15) is 84.6 Å². The topological polar surface area (TPSA) is 34.9 Å². The van der Waals surface area contributed by atoms with Crippen molar-refractivity contribution >= 4 is 11.9 Å². The van der Waals surface area contributed by atoms with E-state index in [-0.39, 0.29) is 5.92 Å². The minimum Gasteiger partial charge on any atom is -0.325 e. The largest absolute Gasteiger partial charge is 0.325 e. The van der Waals surface area contributed by atoms with Gasteiger partial charge in [0.15, 0.2) is 5.78 Å². The fourth-order valence-corrected chi connectivity index (χ4v) is 5.90. The van der Waals surface area contributed by atoms with Crippen molar-refractivity contribution in [1.82, 2.24) is 9.55 Å². The molecule has 2 fully saturated rings. The fraction of sp³-hybridized carbons (Fsp3) is 0.538. The number of hydrogen-bond donors (Lipinski definition) is 0. The van der Waals surface area contributed by atoms with Gasteiger partial charge in [0, 0.05) is 23.9 Å². The molecule has 1 heterocycles. The molecule has 29 heavy (non-hydrogen) atoms. The minimum absolute atomic E-state index is 0.170. The first kappa shape index (κ1) is 18.8. The number of Topliss-reactive ketones (excluding diaryl/α,β-unsaturated/α-hetero) is 1. The lowest BCUT2D eigenvalue weighted by atomic mass is 10.0. The van der Waals surface area contributed by atoms with Crippen molar-refractivity contribution in [1.29, 1.82) is 0 Å².